The third kappa shape index (κ3) is 7.13. The summed E-state index contributed by atoms with van der Waals surface area (Å²) >= 11 is 0. The Balaban J connectivity index is 0.00000480. The van der Waals surface area contributed by atoms with Crippen molar-refractivity contribution < 1.29 is 30.5 Å². The first-order chi connectivity index (χ1) is 32.7. The molecule has 2 aliphatic heterocycles. The van der Waals surface area contributed by atoms with E-state index in [0.717, 1.165) is 90.6 Å². The fourth-order valence-corrected chi connectivity index (χ4v) is 12.8. The minimum absolute atomic E-state index is 0. The Bertz CT molecular complexity index is 3230. The van der Waals surface area contributed by atoms with Crippen LogP contribution in [0.4, 0.5) is 0 Å². The van der Waals surface area contributed by atoms with E-state index in [9.17, 15) is 0 Å². The zero-order chi connectivity index (χ0) is 45.0. The van der Waals surface area contributed by atoms with Gasteiger partial charge in [-0.1, -0.05) is 123 Å². The molecule has 0 atom stereocenters. The molecule has 4 bridgehead atoms. The van der Waals surface area contributed by atoms with Gasteiger partial charge in [0.2, 0.25) is 0 Å². The van der Waals surface area contributed by atoms with Crippen molar-refractivity contribution in [1.29, 1.82) is 0 Å². The first-order valence-corrected chi connectivity index (χ1v) is 24.1. The van der Waals surface area contributed by atoms with Crippen molar-refractivity contribution in [2.24, 2.45) is 17.8 Å². The Morgan fingerprint density at radius 3 is 2.04 bits per heavy atom. The average molecular weight is 1070 g/mol. The van der Waals surface area contributed by atoms with Gasteiger partial charge < -0.3 is 23.8 Å². The second kappa shape index (κ2) is 16.4. The van der Waals surface area contributed by atoms with Crippen molar-refractivity contribution in [3.8, 4) is 39.6 Å². The van der Waals surface area contributed by atoms with Gasteiger partial charge in [0, 0.05) is 49.8 Å². The van der Waals surface area contributed by atoms with E-state index in [4.69, 9.17) is 14.5 Å². The van der Waals surface area contributed by atoms with Gasteiger partial charge in [-0.15, -0.1) is 41.3 Å². The van der Waals surface area contributed by atoms with Gasteiger partial charge in [-0.2, -0.15) is 12.7 Å². The second-order valence-corrected chi connectivity index (χ2v) is 20.9. The summed E-state index contributed by atoms with van der Waals surface area (Å²) in [6.07, 6.45) is 12.1. The number of nitrogens with zero attached hydrogens (tertiary/aromatic N) is 4. The molecule has 6 nitrogen and oxygen atoms in total. The summed E-state index contributed by atoms with van der Waals surface area (Å²) in [4.78, 5) is 9.29. The van der Waals surface area contributed by atoms with Gasteiger partial charge >= 0.3 is 0 Å². The molecule has 68 heavy (non-hydrogen) atoms. The standard InChI is InChI=1S/C61H53N4O2.Pt/c1-60(2,3)45-25-26-62-56(32-45)65-53-24-21-46(61-34-39-27-40(35-61)29-41(28-39)36-61)31-52(53)51-23-22-48(33-54(51)65)67-47-18-11-17-44(30-47)55-37-66-59-58(63(4)38-64(55)59)57-49(42-13-7-5-8-14-42)19-12-20-50(57)43-15-9-6-10-16-43;/h5-26,31-32,37-41H,27-29,34-36H2,1-4H3;/q-3;. The number of hydrogen-bond acceptors (Lipinski definition) is 5. The number of fused-ring (bicyclic) bond motifs is 4. The summed E-state index contributed by atoms with van der Waals surface area (Å²) in [5.74, 6) is 5.51. The van der Waals surface area contributed by atoms with Gasteiger partial charge in [0.15, 0.2) is 5.88 Å². The largest absolute Gasteiger partial charge is 0.503 e. The van der Waals surface area contributed by atoms with Crippen LogP contribution in [0.5, 0.6) is 11.5 Å². The SMILES string of the molecule is CN1[CH-]N2C(c3[c-]c(Oc4[c-]c5c(cc4)c4cc(C67CC8CC(CC(C8)C6)C7)ccc4n5-c4cc(C(C)(C)C)ccn4)ccc3)=COC2=C1c1c(-c2ccccc2)cccc1-c1ccccc1.[Pt]. The van der Waals surface area contributed by atoms with Gasteiger partial charge in [-0.25, -0.2) is 4.98 Å². The average Bonchev–Trinajstić information content (AvgIpc) is 4.00. The first kappa shape index (κ1) is 43.0. The topological polar surface area (TPSA) is 42.8 Å². The maximum Gasteiger partial charge on any atom is 0.184 e. The second-order valence-electron chi connectivity index (χ2n) is 20.9. The van der Waals surface area contributed by atoms with Crippen LogP contribution in [0.3, 0.4) is 0 Å². The van der Waals surface area contributed by atoms with Gasteiger partial charge in [-0.3, -0.25) is 0 Å². The van der Waals surface area contributed by atoms with E-state index >= 15 is 0 Å². The molecule has 4 aliphatic carbocycles. The molecule has 0 spiro atoms. The molecular formula is C61H53N4O2Pt-3. The zero-order valence-electron chi connectivity index (χ0n) is 38.9. The fourth-order valence-electron chi connectivity index (χ4n) is 12.8. The summed E-state index contributed by atoms with van der Waals surface area (Å²) in [5, 5.41) is 2.42. The summed E-state index contributed by atoms with van der Waals surface area (Å²) < 4.78 is 15.6. The van der Waals surface area contributed by atoms with Crippen LogP contribution in [0.25, 0.3) is 61.3 Å². The molecule has 6 aromatic carbocycles. The van der Waals surface area contributed by atoms with Crippen LogP contribution in [-0.4, -0.2) is 26.4 Å². The molecule has 4 heterocycles. The van der Waals surface area contributed by atoms with E-state index in [0.29, 0.717) is 16.9 Å². The maximum absolute atomic E-state index is 6.73. The number of hydrogen-bond donors (Lipinski definition) is 0. The molecule has 8 aromatic rings. The van der Waals surface area contributed by atoms with Crippen molar-refractivity contribution in [2.75, 3.05) is 7.05 Å². The van der Waals surface area contributed by atoms with E-state index in [1.54, 1.807) is 0 Å². The molecule has 6 aliphatic rings. The van der Waals surface area contributed by atoms with E-state index in [1.165, 1.54) is 55.0 Å². The minimum atomic E-state index is -0.0289. The van der Waals surface area contributed by atoms with Crippen molar-refractivity contribution in [3.05, 3.63) is 199 Å². The van der Waals surface area contributed by atoms with E-state index in [2.05, 4.69) is 188 Å². The molecule has 0 amide bonds. The van der Waals surface area contributed by atoms with E-state index in [1.807, 2.05) is 24.6 Å². The van der Waals surface area contributed by atoms with Crippen LogP contribution in [0.15, 0.2) is 158 Å². The Labute approximate surface area is 414 Å². The number of benzene rings is 6. The predicted molar refractivity (Wildman–Crippen MR) is 269 cm³/mol. The van der Waals surface area contributed by atoms with Crippen molar-refractivity contribution in [1.82, 2.24) is 19.4 Å². The third-order valence-corrected chi connectivity index (χ3v) is 15.5. The van der Waals surface area contributed by atoms with E-state index in [-0.39, 0.29) is 26.5 Å². The molecule has 0 unspecified atom stereocenters. The normalized spacial score (nSPS) is 21.6. The molecule has 7 heteroatoms. The minimum Gasteiger partial charge on any atom is -0.503 e. The van der Waals surface area contributed by atoms with E-state index < -0.39 is 0 Å². The molecule has 0 N–H and O–H groups in total. The fraction of sp³-hybridized carbons (Fsp3) is 0.246. The predicted octanol–water partition coefficient (Wildman–Crippen LogP) is 14.7. The van der Waals surface area contributed by atoms with Gasteiger partial charge in [0.05, 0.1) is 12.0 Å². The zero-order valence-corrected chi connectivity index (χ0v) is 41.2. The number of ether oxygens (including phenoxy) is 2. The molecule has 342 valence electrons. The van der Waals surface area contributed by atoms with Crippen LogP contribution in [0.2, 0.25) is 0 Å². The van der Waals surface area contributed by atoms with Crippen LogP contribution in [0.1, 0.15) is 81.5 Å². The Kier molecular flexibility index (Phi) is 10.4. The summed E-state index contributed by atoms with van der Waals surface area (Å²) in [6.45, 7) is 8.87. The number of aromatic nitrogens is 2. The maximum atomic E-state index is 6.73. The Hall–Kier alpha value is -6.36. The van der Waals surface area contributed by atoms with Crippen LogP contribution in [-0.2, 0) is 36.6 Å². The Morgan fingerprint density at radius 1 is 0.706 bits per heavy atom. The number of rotatable bonds is 8. The van der Waals surface area contributed by atoms with Crippen LogP contribution >= 0.6 is 0 Å². The van der Waals surface area contributed by atoms with Gasteiger partial charge in [0.25, 0.3) is 0 Å². The van der Waals surface area contributed by atoms with Crippen LogP contribution < -0.4 is 4.74 Å². The van der Waals surface area contributed by atoms with Crippen molar-refractivity contribution >= 4 is 33.2 Å². The smallest absolute Gasteiger partial charge is 0.184 e. The third-order valence-electron chi connectivity index (χ3n) is 15.5. The van der Waals surface area contributed by atoms with Gasteiger partial charge in [-0.05, 0) is 137 Å². The number of pyridine rings is 1. The first-order valence-electron chi connectivity index (χ1n) is 24.1. The van der Waals surface area contributed by atoms with Crippen molar-refractivity contribution in [2.45, 2.75) is 70.1 Å². The van der Waals surface area contributed by atoms with Crippen LogP contribution in [0, 0.1) is 36.6 Å². The summed E-state index contributed by atoms with van der Waals surface area (Å²) in [7, 11) is 2.09. The molecule has 0 saturated heterocycles. The van der Waals surface area contributed by atoms with Gasteiger partial charge in [0.1, 0.15) is 5.82 Å². The summed E-state index contributed by atoms with van der Waals surface area (Å²) in [6, 6.07) is 57.1. The molecule has 4 saturated carbocycles. The molecule has 2 aromatic heterocycles. The molecular weight excluding hydrogens is 1020 g/mol. The monoisotopic (exact) mass is 1070 g/mol. The molecule has 4 fully saturated rings. The van der Waals surface area contributed by atoms with Crippen molar-refractivity contribution in [3.63, 3.8) is 0 Å². The summed E-state index contributed by atoms with van der Waals surface area (Å²) in [5.41, 5.74) is 13.5. The Morgan fingerprint density at radius 2 is 1.37 bits per heavy atom. The quantitative estimate of drug-likeness (QED) is 0.142. The molecule has 14 rings (SSSR count). The molecule has 0 radical (unpaired) electrons.